The number of thioether (sulfide) groups is 1. The van der Waals surface area contributed by atoms with Crippen LogP contribution in [-0.4, -0.2) is 34.3 Å². The van der Waals surface area contributed by atoms with Gasteiger partial charge in [0.15, 0.2) is 5.78 Å². The molecule has 142 valence electrons. The van der Waals surface area contributed by atoms with Crippen LogP contribution in [0.3, 0.4) is 0 Å². The zero-order chi connectivity index (χ0) is 20.3. The highest BCUT2D eigenvalue weighted by atomic mass is 35.5. The number of hydrogen-bond donors (Lipinski definition) is 0. The lowest BCUT2D eigenvalue weighted by molar-refractivity contribution is -0.131. The maximum absolute atomic E-state index is 12.5. The Kier molecular flexibility index (Phi) is 5.96. The van der Waals surface area contributed by atoms with Crippen molar-refractivity contribution in [2.45, 2.75) is 6.92 Å². The molecule has 1 aliphatic rings. The number of carbonyl (C=O) groups is 4. The van der Waals surface area contributed by atoms with E-state index in [1.807, 2.05) is 0 Å². The van der Waals surface area contributed by atoms with Crippen molar-refractivity contribution in [1.82, 2.24) is 4.90 Å². The summed E-state index contributed by atoms with van der Waals surface area (Å²) in [6.07, 6.45) is 1.55. The normalized spacial score (nSPS) is 15.2. The molecule has 2 amide bonds. The summed E-state index contributed by atoms with van der Waals surface area (Å²) in [5, 5.41) is -0.0135. The number of benzene rings is 2. The van der Waals surface area contributed by atoms with Gasteiger partial charge in [0, 0.05) is 17.5 Å². The molecule has 8 heteroatoms. The fraction of sp³-hybridized carbons (Fsp3) is 0.100. The van der Waals surface area contributed by atoms with Gasteiger partial charge in [-0.25, -0.2) is 0 Å². The summed E-state index contributed by atoms with van der Waals surface area (Å²) in [5.41, 5.74) is 1.03. The molecule has 0 aromatic heterocycles. The lowest BCUT2D eigenvalue weighted by atomic mass is 10.1. The van der Waals surface area contributed by atoms with Crippen LogP contribution in [0.4, 0.5) is 4.79 Å². The van der Waals surface area contributed by atoms with E-state index in [9.17, 15) is 19.2 Å². The monoisotopic (exact) mass is 415 g/mol. The van der Waals surface area contributed by atoms with E-state index in [4.69, 9.17) is 16.3 Å². The summed E-state index contributed by atoms with van der Waals surface area (Å²) in [7, 11) is 0. The molecule has 1 fully saturated rings. The van der Waals surface area contributed by atoms with Gasteiger partial charge in [-0.05, 0) is 59.8 Å². The molecular formula is C20H14ClNO5S. The Morgan fingerprint density at radius 3 is 2.32 bits per heavy atom. The predicted molar refractivity (Wildman–Crippen MR) is 106 cm³/mol. The van der Waals surface area contributed by atoms with Crippen molar-refractivity contribution in [3.8, 4) is 5.75 Å². The topological polar surface area (TPSA) is 80.8 Å². The number of imide groups is 1. The number of amides is 2. The van der Waals surface area contributed by atoms with Crippen LogP contribution in [-0.2, 0) is 9.59 Å². The number of hydrogen-bond acceptors (Lipinski definition) is 6. The van der Waals surface area contributed by atoms with E-state index in [2.05, 4.69) is 0 Å². The molecule has 6 nitrogen and oxygen atoms in total. The molecule has 0 N–H and O–H groups in total. The maximum Gasteiger partial charge on any atom is 0.308 e. The third kappa shape index (κ3) is 4.68. The first kappa shape index (κ1) is 19.9. The molecule has 0 aliphatic carbocycles. The second kappa shape index (κ2) is 8.41. The largest absolute Gasteiger partial charge is 0.427 e. The number of rotatable bonds is 5. The van der Waals surface area contributed by atoms with Gasteiger partial charge in [-0.2, -0.15) is 0 Å². The number of carbonyl (C=O) groups excluding carboxylic acids is 4. The highest BCUT2D eigenvalue weighted by Crippen LogP contribution is 2.32. The van der Waals surface area contributed by atoms with Crippen molar-refractivity contribution < 1.29 is 23.9 Å². The molecule has 0 atom stereocenters. The van der Waals surface area contributed by atoms with E-state index < -0.39 is 17.1 Å². The molecule has 3 rings (SSSR count). The molecule has 0 unspecified atom stereocenters. The summed E-state index contributed by atoms with van der Waals surface area (Å²) in [4.78, 5) is 49.1. The Balaban J connectivity index is 1.72. The van der Waals surface area contributed by atoms with Crippen LogP contribution in [0.5, 0.6) is 5.75 Å². The van der Waals surface area contributed by atoms with Gasteiger partial charge in [0.1, 0.15) is 5.75 Å². The SMILES string of the molecule is CC(=O)Oc1ccc(/C=C2/SC(=O)N(CC(=O)c3ccc(Cl)cc3)C2=O)cc1. The molecule has 1 saturated heterocycles. The van der Waals surface area contributed by atoms with Gasteiger partial charge in [0.2, 0.25) is 0 Å². The molecule has 0 spiro atoms. The molecule has 0 saturated carbocycles. The van der Waals surface area contributed by atoms with Crippen LogP contribution in [0.15, 0.2) is 53.4 Å². The van der Waals surface area contributed by atoms with Gasteiger partial charge in [-0.3, -0.25) is 24.1 Å². The molecule has 2 aromatic carbocycles. The summed E-state index contributed by atoms with van der Waals surface area (Å²) in [6.45, 7) is 0.963. The standard InChI is InChI=1S/C20H14ClNO5S/c1-12(23)27-16-8-2-13(3-9-16)10-18-19(25)22(20(26)28-18)11-17(24)14-4-6-15(21)7-5-14/h2-10H,11H2,1H3/b18-10+. The molecule has 0 bridgehead atoms. The van der Waals surface area contributed by atoms with Crippen LogP contribution < -0.4 is 4.74 Å². The minimum absolute atomic E-state index is 0.217. The molecule has 2 aromatic rings. The third-order valence-electron chi connectivity index (χ3n) is 3.78. The van der Waals surface area contributed by atoms with Crippen molar-refractivity contribution in [3.63, 3.8) is 0 Å². The fourth-order valence-electron chi connectivity index (χ4n) is 2.46. The minimum Gasteiger partial charge on any atom is -0.427 e. The van der Waals surface area contributed by atoms with Crippen molar-refractivity contribution in [3.05, 3.63) is 69.6 Å². The van der Waals surface area contributed by atoms with Gasteiger partial charge in [0.05, 0.1) is 11.4 Å². The zero-order valence-electron chi connectivity index (χ0n) is 14.7. The summed E-state index contributed by atoms with van der Waals surface area (Å²) in [6, 6.07) is 12.7. The Bertz CT molecular complexity index is 983. The first-order valence-corrected chi connectivity index (χ1v) is 9.35. The van der Waals surface area contributed by atoms with Crippen LogP contribution in [0, 0.1) is 0 Å². The average molecular weight is 416 g/mol. The minimum atomic E-state index is -0.527. The summed E-state index contributed by atoms with van der Waals surface area (Å²) >= 11 is 6.57. The van der Waals surface area contributed by atoms with E-state index in [0.29, 0.717) is 21.9 Å². The smallest absolute Gasteiger partial charge is 0.308 e. The average Bonchev–Trinajstić information content (AvgIpc) is 2.91. The molecule has 1 aliphatic heterocycles. The number of nitrogens with zero attached hydrogens (tertiary/aromatic N) is 1. The Morgan fingerprint density at radius 2 is 1.71 bits per heavy atom. The van der Waals surface area contributed by atoms with Gasteiger partial charge in [-0.15, -0.1) is 0 Å². The lowest BCUT2D eigenvalue weighted by Crippen LogP contribution is -2.33. The van der Waals surface area contributed by atoms with Gasteiger partial charge >= 0.3 is 5.97 Å². The highest BCUT2D eigenvalue weighted by Gasteiger charge is 2.36. The lowest BCUT2D eigenvalue weighted by Gasteiger charge is -2.11. The van der Waals surface area contributed by atoms with Gasteiger partial charge in [0.25, 0.3) is 11.1 Å². The number of halogens is 1. The quantitative estimate of drug-likeness (QED) is 0.315. The van der Waals surface area contributed by atoms with Crippen molar-refractivity contribution in [1.29, 1.82) is 0 Å². The number of esters is 1. The van der Waals surface area contributed by atoms with E-state index in [-0.39, 0.29) is 17.2 Å². The maximum atomic E-state index is 12.5. The van der Waals surface area contributed by atoms with E-state index in [1.54, 1.807) is 54.6 Å². The van der Waals surface area contributed by atoms with Gasteiger partial charge < -0.3 is 4.74 Å². The van der Waals surface area contributed by atoms with E-state index >= 15 is 0 Å². The van der Waals surface area contributed by atoms with Crippen LogP contribution in [0.1, 0.15) is 22.8 Å². The van der Waals surface area contributed by atoms with E-state index in [1.165, 1.54) is 6.92 Å². The van der Waals surface area contributed by atoms with Crippen LogP contribution in [0.2, 0.25) is 5.02 Å². The zero-order valence-corrected chi connectivity index (χ0v) is 16.3. The first-order chi connectivity index (χ1) is 13.3. The second-order valence-corrected chi connectivity index (χ2v) is 7.29. The summed E-state index contributed by atoms with van der Waals surface area (Å²) in [5.74, 6) is -0.933. The Labute approximate surface area is 170 Å². The fourth-order valence-corrected chi connectivity index (χ4v) is 3.42. The predicted octanol–water partition coefficient (Wildman–Crippen LogP) is 4.18. The molecular weight excluding hydrogens is 402 g/mol. The van der Waals surface area contributed by atoms with E-state index in [0.717, 1.165) is 16.7 Å². The van der Waals surface area contributed by atoms with Crippen molar-refractivity contribution >= 4 is 52.3 Å². The number of ether oxygens (including phenoxy) is 1. The Hall–Kier alpha value is -2.90. The number of ketones is 1. The van der Waals surface area contributed by atoms with Crippen LogP contribution >= 0.6 is 23.4 Å². The first-order valence-electron chi connectivity index (χ1n) is 8.16. The van der Waals surface area contributed by atoms with Crippen molar-refractivity contribution in [2.75, 3.05) is 6.54 Å². The third-order valence-corrected chi connectivity index (χ3v) is 4.94. The highest BCUT2D eigenvalue weighted by molar-refractivity contribution is 8.18. The second-order valence-electron chi connectivity index (χ2n) is 5.86. The Morgan fingerprint density at radius 1 is 1.07 bits per heavy atom. The van der Waals surface area contributed by atoms with Crippen LogP contribution in [0.25, 0.3) is 6.08 Å². The van der Waals surface area contributed by atoms with Crippen molar-refractivity contribution in [2.24, 2.45) is 0 Å². The molecule has 1 heterocycles. The number of Topliss-reactive ketones (excluding diaryl/α,β-unsaturated/α-hetero) is 1. The van der Waals surface area contributed by atoms with Gasteiger partial charge in [-0.1, -0.05) is 23.7 Å². The molecule has 0 radical (unpaired) electrons. The summed E-state index contributed by atoms with van der Waals surface area (Å²) < 4.78 is 4.95. The molecule has 28 heavy (non-hydrogen) atoms.